The van der Waals surface area contributed by atoms with E-state index in [4.69, 9.17) is 5.73 Å². The van der Waals surface area contributed by atoms with Crippen LogP contribution in [0.15, 0.2) is 0 Å². The highest BCUT2D eigenvalue weighted by Crippen LogP contribution is 2.43. The Hall–Kier alpha value is -0.570. The van der Waals surface area contributed by atoms with Gasteiger partial charge < -0.3 is 11.1 Å². The molecule has 3 nitrogen and oxygen atoms in total. The van der Waals surface area contributed by atoms with Gasteiger partial charge in [-0.05, 0) is 49.5 Å². The predicted octanol–water partition coefficient (Wildman–Crippen LogP) is 2.84. The Labute approximate surface area is 117 Å². The number of amides is 1. The van der Waals surface area contributed by atoms with Gasteiger partial charge in [0.05, 0.1) is 0 Å². The Balaban J connectivity index is 1.86. The lowest BCUT2D eigenvalue weighted by molar-refractivity contribution is -0.126. The van der Waals surface area contributed by atoms with E-state index in [1.54, 1.807) is 0 Å². The van der Waals surface area contributed by atoms with Crippen LogP contribution in [0.25, 0.3) is 0 Å². The third kappa shape index (κ3) is 3.50. The van der Waals surface area contributed by atoms with Gasteiger partial charge >= 0.3 is 0 Å². The molecule has 2 atom stereocenters. The molecule has 2 aliphatic rings. The van der Waals surface area contributed by atoms with Crippen LogP contribution in [0.5, 0.6) is 0 Å². The zero-order valence-electron chi connectivity index (χ0n) is 12.6. The van der Waals surface area contributed by atoms with Crippen molar-refractivity contribution in [1.82, 2.24) is 5.32 Å². The topological polar surface area (TPSA) is 55.1 Å². The van der Waals surface area contributed by atoms with Gasteiger partial charge in [0.15, 0.2) is 0 Å². The fourth-order valence-electron chi connectivity index (χ4n) is 3.86. The van der Waals surface area contributed by atoms with Gasteiger partial charge in [0.1, 0.15) is 0 Å². The number of rotatable bonds is 5. The summed E-state index contributed by atoms with van der Waals surface area (Å²) in [5.41, 5.74) is 5.98. The van der Waals surface area contributed by atoms with E-state index in [1.165, 1.54) is 25.7 Å². The second kappa shape index (κ2) is 6.25. The van der Waals surface area contributed by atoms with Crippen molar-refractivity contribution in [2.24, 2.45) is 23.0 Å². The van der Waals surface area contributed by atoms with Crippen molar-refractivity contribution in [3.63, 3.8) is 0 Å². The van der Waals surface area contributed by atoms with Gasteiger partial charge in [-0.15, -0.1) is 0 Å². The first-order valence-electron chi connectivity index (χ1n) is 8.06. The minimum absolute atomic E-state index is 0.131. The lowest BCUT2D eigenvalue weighted by Gasteiger charge is -2.41. The minimum Gasteiger partial charge on any atom is -0.353 e. The standard InChI is InChI=1S/C16H30N2O/c1-12(2)13-6-3-4-7-14(13)18-15(19)10-16(11-17)8-5-9-16/h12-14H,3-11,17H2,1-2H3,(H,18,19). The summed E-state index contributed by atoms with van der Waals surface area (Å²) < 4.78 is 0. The fraction of sp³-hybridized carbons (Fsp3) is 0.938. The monoisotopic (exact) mass is 266 g/mol. The maximum absolute atomic E-state index is 12.3. The van der Waals surface area contributed by atoms with Crippen molar-refractivity contribution in [1.29, 1.82) is 0 Å². The molecule has 0 aromatic carbocycles. The van der Waals surface area contributed by atoms with Gasteiger partial charge in [-0.2, -0.15) is 0 Å². The first kappa shape index (κ1) is 14.8. The molecule has 3 heteroatoms. The molecule has 2 aliphatic carbocycles. The molecule has 0 heterocycles. The third-order valence-corrected chi connectivity index (χ3v) is 5.40. The van der Waals surface area contributed by atoms with Gasteiger partial charge in [-0.3, -0.25) is 4.79 Å². The fourth-order valence-corrected chi connectivity index (χ4v) is 3.86. The highest BCUT2D eigenvalue weighted by molar-refractivity contribution is 5.77. The molecule has 1 amide bonds. The molecule has 19 heavy (non-hydrogen) atoms. The molecule has 0 saturated heterocycles. The lowest BCUT2D eigenvalue weighted by Crippen LogP contribution is -2.47. The van der Waals surface area contributed by atoms with Crippen LogP contribution in [-0.4, -0.2) is 18.5 Å². The quantitative estimate of drug-likeness (QED) is 0.804. The van der Waals surface area contributed by atoms with Gasteiger partial charge in [0.25, 0.3) is 0 Å². The summed E-state index contributed by atoms with van der Waals surface area (Å²) in [7, 11) is 0. The van der Waals surface area contributed by atoms with Crippen LogP contribution in [0.4, 0.5) is 0 Å². The van der Waals surface area contributed by atoms with Crippen molar-refractivity contribution in [3.05, 3.63) is 0 Å². The Morgan fingerprint density at radius 3 is 2.47 bits per heavy atom. The molecule has 0 spiro atoms. The molecular weight excluding hydrogens is 236 g/mol. The Kier molecular flexibility index (Phi) is 4.88. The first-order valence-corrected chi connectivity index (χ1v) is 8.06. The van der Waals surface area contributed by atoms with Gasteiger partial charge in [0.2, 0.25) is 5.91 Å². The van der Waals surface area contributed by atoms with Crippen molar-refractivity contribution in [2.45, 2.75) is 71.3 Å². The van der Waals surface area contributed by atoms with E-state index in [2.05, 4.69) is 19.2 Å². The normalized spacial score (nSPS) is 29.9. The van der Waals surface area contributed by atoms with Gasteiger partial charge in [0, 0.05) is 12.5 Å². The van der Waals surface area contributed by atoms with E-state index in [0.717, 1.165) is 19.3 Å². The maximum atomic E-state index is 12.3. The summed E-state index contributed by atoms with van der Waals surface area (Å²) >= 11 is 0. The predicted molar refractivity (Wildman–Crippen MR) is 78.7 cm³/mol. The molecule has 0 aromatic rings. The highest BCUT2D eigenvalue weighted by atomic mass is 16.1. The van der Waals surface area contributed by atoms with Crippen LogP contribution in [-0.2, 0) is 4.79 Å². The second-order valence-electron chi connectivity index (χ2n) is 7.10. The molecular formula is C16H30N2O. The number of hydrogen-bond donors (Lipinski definition) is 2. The summed E-state index contributed by atoms with van der Waals surface area (Å²) in [6.07, 6.45) is 9.16. The van der Waals surface area contributed by atoms with Crippen LogP contribution >= 0.6 is 0 Å². The molecule has 2 rings (SSSR count). The minimum atomic E-state index is 0.131. The molecule has 0 radical (unpaired) electrons. The SMILES string of the molecule is CC(C)C1CCCCC1NC(=O)CC1(CN)CCC1. The average Bonchev–Trinajstić information content (AvgIpc) is 2.34. The zero-order valence-corrected chi connectivity index (χ0v) is 12.6. The van der Waals surface area contributed by atoms with Gasteiger partial charge in [-0.25, -0.2) is 0 Å². The Bertz CT molecular complexity index is 304. The smallest absolute Gasteiger partial charge is 0.220 e. The number of hydrogen-bond acceptors (Lipinski definition) is 2. The summed E-state index contributed by atoms with van der Waals surface area (Å²) in [5.74, 6) is 1.56. The third-order valence-electron chi connectivity index (χ3n) is 5.40. The van der Waals surface area contributed by atoms with Crippen LogP contribution in [0, 0.1) is 17.3 Å². The summed E-state index contributed by atoms with van der Waals surface area (Å²) in [6, 6.07) is 0.399. The van der Waals surface area contributed by atoms with Crippen LogP contribution in [0.2, 0.25) is 0 Å². The van der Waals surface area contributed by atoms with Crippen molar-refractivity contribution >= 4 is 5.91 Å². The molecule has 2 fully saturated rings. The number of carbonyl (C=O) groups is 1. The van der Waals surface area contributed by atoms with E-state index >= 15 is 0 Å². The van der Waals surface area contributed by atoms with Crippen molar-refractivity contribution < 1.29 is 4.79 Å². The van der Waals surface area contributed by atoms with Crippen LogP contribution in [0.1, 0.15) is 65.2 Å². The van der Waals surface area contributed by atoms with E-state index in [9.17, 15) is 4.79 Å². The molecule has 0 aliphatic heterocycles. The zero-order chi connectivity index (χ0) is 13.9. The number of nitrogens with one attached hydrogen (secondary N) is 1. The highest BCUT2D eigenvalue weighted by Gasteiger charge is 2.38. The largest absolute Gasteiger partial charge is 0.353 e. The van der Waals surface area contributed by atoms with Gasteiger partial charge in [-0.1, -0.05) is 33.1 Å². The van der Waals surface area contributed by atoms with E-state index in [1.807, 2.05) is 0 Å². The second-order valence-corrected chi connectivity index (χ2v) is 7.10. The van der Waals surface area contributed by atoms with E-state index < -0.39 is 0 Å². The average molecular weight is 266 g/mol. The van der Waals surface area contributed by atoms with Crippen molar-refractivity contribution in [2.75, 3.05) is 6.54 Å². The van der Waals surface area contributed by atoms with Crippen LogP contribution in [0.3, 0.4) is 0 Å². The number of carbonyl (C=O) groups excluding carboxylic acids is 1. The molecule has 110 valence electrons. The first-order chi connectivity index (χ1) is 9.06. The Morgan fingerprint density at radius 1 is 1.26 bits per heavy atom. The van der Waals surface area contributed by atoms with E-state index in [-0.39, 0.29) is 11.3 Å². The van der Waals surface area contributed by atoms with Crippen molar-refractivity contribution in [3.8, 4) is 0 Å². The van der Waals surface area contributed by atoms with E-state index in [0.29, 0.717) is 30.8 Å². The maximum Gasteiger partial charge on any atom is 0.220 e. The number of nitrogens with two attached hydrogens (primary N) is 1. The summed E-state index contributed by atoms with van der Waals surface area (Å²) in [5, 5.41) is 3.31. The lowest BCUT2D eigenvalue weighted by atomic mass is 9.66. The summed E-state index contributed by atoms with van der Waals surface area (Å²) in [6.45, 7) is 5.23. The molecule has 2 unspecified atom stereocenters. The molecule has 3 N–H and O–H groups in total. The molecule has 0 aromatic heterocycles. The molecule has 2 saturated carbocycles. The van der Waals surface area contributed by atoms with Crippen LogP contribution < -0.4 is 11.1 Å². The molecule has 0 bridgehead atoms. The summed E-state index contributed by atoms with van der Waals surface area (Å²) in [4.78, 5) is 12.3. The Morgan fingerprint density at radius 2 is 1.95 bits per heavy atom.